The number of hydrogen-bond donors (Lipinski definition) is 0. The van der Waals surface area contributed by atoms with Gasteiger partial charge < -0.3 is 14.6 Å². The fourth-order valence-corrected chi connectivity index (χ4v) is 5.73. The summed E-state index contributed by atoms with van der Waals surface area (Å²) < 4.78 is 0. The minimum Gasteiger partial charge on any atom is -0.339 e. The minimum atomic E-state index is -0.637. The Morgan fingerprint density at radius 1 is 0.912 bits per heavy atom. The molecule has 0 radical (unpaired) electrons. The molecule has 10 heteroatoms. The number of hydrogen-bond acceptors (Lipinski definition) is 6. The number of carbonyl (C=O) groups is 4. The maximum Gasteiger partial charge on any atom is 0.434 e. The summed E-state index contributed by atoms with van der Waals surface area (Å²) >= 11 is 6.55. The van der Waals surface area contributed by atoms with E-state index in [0.29, 0.717) is 47.1 Å². The summed E-state index contributed by atoms with van der Waals surface area (Å²) in [5, 5.41) is 1.20. The second-order valence-corrected chi connectivity index (χ2v) is 10.1. The van der Waals surface area contributed by atoms with E-state index in [9.17, 15) is 19.2 Å². The van der Waals surface area contributed by atoms with E-state index in [2.05, 4.69) is 4.90 Å². The summed E-state index contributed by atoms with van der Waals surface area (Å²) in [7, 11) is 0. The molecule has 1 aromatic rings. The highest BCUT2D eigenvalue weighted by atomic mass is 35.5. The van der Waals surface area contributed by atoms with Crippen molar-refractivity contribution >= 4 is 35.4 Å². The van der Waals surface area contributed by atoms with Crippen LogP contribution < -0.4 is 0 Å². The SMILES string of the molecule is O=C(ON1C(=O)CCC1=O)N1CC2CN(Cc3ccc(C(=O)N4CCCCC4)cc3Cl)CC2C1. The van der Waals surface area contributed by atoms with Crippen LogP contribution in [0.5, 0.6) is 0 Å². The number of rotatable bonds is 4. The third-order valence-electron chi connectivity index (χ3n) is 7.33. The van der Waals surface area contributed by atoms with E-state index in [-0.39, 0.29) is 18.7 Å². The Morgan fingerprint density at radius 3 is 2.18 bits per heavy atom. The van der Waals surface area contributed by atoms with Crippen LogP contribution in [0.1, 0.15) is 48.0 Å². The molecule has 182 valence electrons. The Hall–Kier alpha value is -2.65. The van der Waals surface area contributed by atoms with Gasteiger partial charge in [-0.05, 0) is 48.8 Å². The van der Waals surface area contributed by atoms with E-state index in [1.54, 1.807) is 11.0 Å². The van der Waals surface area contributed by atoms with Gasteiger partial charge in [0, 0.05) is 69.2 Å². The number of halogens is 1. The highest BCUT2D eigenvalue weighted by molar-refractivity contribution is 6.31. The van der Waals surface area contributed by atoms with Gasteiger partial charge in [0.25, 0.3) is 17.7 Å². The Kier molecular flexibility index (Phi) is 6.48. The lowest BCUT2D eigenvalue weighted by atomic mass is 10.0. The number of amides is 4. The summed E-state index contributed by atoms with van der Waals surface area (Å²) in [4.78, 5) is 59.4. The van der Waals surface area contributed by atoms with Crippen molar-refractivity contribution < 1.29 is 24.0 Å². The average molecular weight is 489 g/mol. The van der Waals surface area contributed by atoms with E-state index in [1.807, 2.05) is 17.0 Å². The molecular formula is C24H29ClN4O5. The van der Waals surface area contributed by atoms with Crippen LogP contribution in [0.3, 0.4) is 0 Å². The molecule has 2 atom stereocenters. The van der Waals surface area contributed by atoms with Gasteiger partial charge in [-0.15, -0.1) is 5.06 Å². The van der Waals surface area contributed by atoms with Crippen molar-refractivity contribution in [2.75, 3.05) is 39.3 Å². The van der Waals surface area contributed by atoms with Crippen molar-refractivity contribution in [1.82, 2.24) is 19.8 Å². The van der Waals surface area contributed by atoms with Gasteiger partial charge in [0.15, 0.2) is 0 Å². The summed E-state index contributed by atoms with van der Waals surface area (Å²) in [6.45, 7) is 5.02. The first-order valence-corrected chi connectivity index (χ1v) is 12.4. The molecule has 4 fully saturated rings. The number of piperidine rings is 1. The maximum absolute atomic E-state index is 12.7. The normalized spacial score (nSPS) is 25.3. The lowest BCUT2D eigenvalue weighted by molar-refractivity contribution is -0.173. The number of benzene rings is 1. The van der Waals surface area contributed by atoms with Gasteiger partial charge in [0.05, 0.1) is 0 Å². The highest BCUT2D eigenvalue weighted by Crippen LogP contribution is 2.33. The first-order chi connectivity index (χ1) is 16.4. The number of hydroxylamine groups is 2. The van der Waals surface area contributed by atoms with Crippen LogP contribution in [-0.4, -0.2) is 82.8 Å². The van der Waals surface area contributed by atoms with Gasteiger partial charge in [0.2, 0.25) is 0 Å². The van der Waals surface area contributed by atoms with Gasteiger partial charge in [-0.1, -0.05) is 17.7 Å². The molecule has 0 bridgehead atoms. The number of nitrogens with zero attached hydrogens (tertiary/aromatic N) is 4. The summed E-state index contributed by atoms with van der Waals surface area (Å²) in [5.41, 5.74) is 1.62. The van der Waals surface area contributed by atoms with Crippen LogP contribution in [-0.2, 0) is 21.0 Å². The second-order valence-electron chi connectivity index (χ2n) is 9.72. The van der Waals surface area contributed by atoms with Gasteiger partial charge >= 0.3 is 6.09 Å². The Bertz CT molecular complexity index is 981. The lowest BCUT2D eigenvalue weighted by Gasteiger charge is -2.27. The second kappa shape index (κ2) is 9.54. The Balaban J connectivity index is 1.13. The first-order valence-electron chi connectivity index (χ1n) is 12.0. The van der Waals surface area contributed by atoms with Crippen molar-refractivity contribution in [2.45, 2.75) is 38.6 Å². The standard InChI is InChI=1S/C24H29ClN4O5/c25-20-10-16(23(32)27-8-2-1-3-9-27)4-5-17(20)11-26-12-18-14-28(15-19(18)13-26)24(33)34-29-21(30)6-7-22(29)31/h4-5,10,18-19H,1-3,6-9,11-15H2. The van der Waals surface area contributed by atoms with Gasteiger partial charge in [0.1, 0.15) is 0 Å². The highest BCUT2D eigenvalue weighted by Gasteiger charge is 2.43. The quantitative estimate of drug-likeness (QED) is 0.605. The van der Waals surface area contributed by atoms with Crippen LogP contribution in [0, 0.1) is 11.8 Å². The van der Waals surface area contributed by atoms with Crippen LogP contribution in [0.4, 0.5) is 4.79 Å². The summed E-state index contributed by atoms with van der Waals surface area (Å²) in [5.74, 6) is -0.283. The maximum atomic E-state index is 12.7. The van der Waals surface area contributed by atoms with E-state index in [1.165, 1.54) is 6.42 Å². The van der Waals surface area contributed by atoms with Crippen molar-refractivity contribution in [3.05, 3.63) is 34.3 Å². The Labute approximate surface area is 203 Å². The molecule has 0 N–H and O–H groups in total. The van der Waals surface area contributed by atoms with Crippen molar-refractivity contribution in [3.8, 4) is 0 Å². The fraction of sp³-hybridized carbons (Fsp3) is 0.583. The monoisotopic (exact) mass is 488 g/mol. The van der Waals surface area contributed by atoms with Crippen LogP contribution >= 0.6 is 11.6 Å². The van der Waals surface area contributed by atoms with Crippen LogP contribution in [0.25, 0.3) is 0 Å². The number of carbonyl (C=O) groups excluding carboxylic acids is 4. The summed E-state index contributed by atoms with van der Waals surface area (Å²) in [6, 6.07) is 5.60. The number of imide groups is 1. The largest absolute Gasteiger partial charge is 0.434 e. The zero-order chi connectivity index (χ0) is 23.8. The number of likely N-dealkylation sites (tertiary alicyclic amines) is 3. The molecule has 2 unspecified atom stereocenters. The fourth-order valence-electron chi connectivity index (χ4n) is 5.49. The predicted molar refractivity (Wildman–Crippen MR) is 123 cm³/mol. The van der Waals surface area contributed by atoms with Crippen LogP contribution in [0.15, 0.2) is 18.2 Å². The van der Waals surface area contributed by atoms with Gasteiger partial charge in [-0.3, -0.25) is 19.3 Å². The van der Waals surface area contributed by atoms with Crippen LogP contribution in [0.2, 0.25) is 5.02 Å². The van der Waals surface area contributed by atoms with E-state index in [0.717, 1.165) is 44.6 Å². The van der Waals surface area contributed by atoms with Gasteiger partial charge in [-0.25, -0.2) is 4.79 Å². The number of fused-ring (bicyclic) bond motifs is 1. The molecule has 9 nitrogen and oxygen atoms in total. The third-order valence-corrected chi connectivity index (χ3v) is 7.68. The molecule has 34 heavy (non-hydrogen) atoms. The molecule has 4 amide bonds. The van der Waals surface area contributed by atoms with Crippen molar-refractivity contribution in [3.63, 3.8) is 0 Å². The molecule has 0 aliphatic carbocycles. The van der Waals surface area contributed by atoms with E-state index < -0.39 is 17.9 Å². The lowest BCUT2D eigenvalue weighted by Crippen LogP contribution is -2.40. The zero-order valence-electron chi connectivity index (χ0n) is 19.1. The van der Waals surface area contributed by atoms with E-state index >= 15 is 0 Å². The zero-order valence-corrected chi connectivity index (χ0v) is 19.8. The molecule has 0 saturated carbocycles. The smallest absolute Gasteiger partial charge is 0.339 e. The van der Waals surface area contributed by atoms with Crippen molar-refractivity contribution in [1.29, 1.82) is 0 Å². The molecule has 5 rings (SSSR count). The molecule has 0 spiro atoms. The topological polar surface area (TPSA) is 90.5 Å². The Morgan fingerprint density at radius 2 is 1.56 bits per heavy atom. The third kappa shape index (κ3) is 4.63. The molecular weight excluding hydrogens is 460 g/mol. The molecule has 4 heterocycles. The molecule has 0 aromatic heterocycles. The molecule has 1 aromatic carbocycles. The average Bonchev–Trinajstić information content (AvgIpc) is 3.49. The molecule has 4 aliphatic heterocycles. The minimum absolute atomic E-state index is 0.0492. The van der Waals surface area contributed by atoms with E-state index in [4.69, 9.17) is 16.4 Å². The molecule has 4 aliphatic rings. The first kappa shape index (κ1) is 23.1. The predicted octanol–water partition coefficient (Wildman–Crippen LogP) is 2.53. The van der Waals surface area contributed by atoms with Gasteiger partial charge in [-0.2, -0.15) is 0 Å². The summed E-state index contributed by atoms with van der Waals surface area (Å²) in [6.07, 6.45) is 2.82. The molecule has 4 saturated heterocycles. The van der Waals surface area contributed by atoms with Crippen molar-refractivity contribution in [2.24, 2.45) is 11.8 Å².